The molecule has 0 radical (unpaired) electrons. The van der Waals surface area contributed by atoms with Crippen molar-refractivity contribution in [2.45, 2.75) is 65.9 Å². The predicted octanol–water partition coefficient (Wildman–Crippen LogP) is 3.61. The van der Waals surface area contributed by atoms with Crippen LogP contribution in [0.5, 0.6) is 0 Å². The van der Waals surface area contributed by atoms with Gasteiger partial charge in [-0.2, -0.15) is 0 Å². The van der Waals surface area contributed by atoms with E-state index in [1.165, 1.54) is 25.7 Å². The molecule has 1 nitrogen and oxygen atoms in total. The fraction of sp³-hybridized carbons (Fsp3) is 1.00. The van der Waals surface area contributed by atoms with Gasteiger partial charge in [-0.05, 0) is 43.4 Å². The topological polar surface area (TPSA) is 20.2 Å². The molecule has 1 saturated carbocycles. The van der Waals surface area contributed by atoms with Crippen LogP contribution in [0.1, 0.15) is 59.8 Å². The van der Waals surface area contributed by atoms with Crippen LogP contribution in [0.3, 0.4) is 0 Å². The maximum absolute atomic E-state index is 9.34. The number of rotatable bonds is 3. The molecule has 3 atom stereocenters. The molecule has 0 saturated heterocycles. The first-order chi connectivity index (χ1) is 6.43. The summed E-state index contributed by atoms with van der Waals surface area (Å²) < 4.78 is 0. The second-order valence-corrected chi connectivity index (χ2v) is 5.89. The molecule has 1 fully saturated rings. The molecule has 14 heavy (non-hydrogen) atoms. The Bertz CT molecular complexity index is 172. The Hall–Kier alpha value is -0.0400. The van der Waals surface area contributed by atoms with Crippen molar-refractivity contribution in [3.8, 4) is 0 Å². The van der Waals surface area contributed by atoms with Gasteiger partial charge in [0.2, 0.25) is 0 Å². The Morgan fingerprint density at radius 1 is 1.43 bits per heavy atom. The summed E-state index contributed by atoms with van der Waals surface area (Å²) in [6.45, 7) is 9.08. The molecule has 0 bridgehead atoms. The highest BCUT2D eigenvalue weighted by Gasteiger charge is 2.36. The number of aliphatic hydroxyl groups is 1. The van der Waals surface area contributed by atoms with E-state index in [1.54, 1.807) is 0 Å². The van der Waals surface area contributed by atoms with Crippen LogP contribution in [0.15, 0.2) is 0 Å². The van der Waals surface area contributed by atoms with Crippen molar-refractivity contribution in [3.63, 3.8) is 0 Å². The minimum absolute atomic E-state index is 0.125. The molecular formula is C13H26O. The van der Waals surface area contributed by atoms with Crippen molar-refractivity contribution in [3.05, 3.63) is 0 Å². The lowest BCUT2D eigenvalue weighted by Crippen LogP contribution is -2.34. The quantitative estimate of drug-likeness (QED) is 0.734. The third-order valence-electron chi connectivity index (χ3n) is 4.07. The summed E-state index contributed by atoms with van der Waals surface area (Å²) in [4.78, 5) is 0. The Morgan fingerprint density at radius 3 is 2.57 bits per heavy atom. The van der Waals surface area contributed by atoms with E-state index in [0.29, 0.717) is 5.41 Å². The molecule has 0 unspecified atom stereocenters. The van der Waals surface area contributed by atoms with Gasteiger partial charge in [-0.15, -0.1) is 0 Å². The third kappa shape index (κ3) is 2.98. The maximum atomic E-state index is 9.34. The summed E-state index contributed by atoms with van der Waals surface area (Å²) in [5, 5.41) is 9.34. The molecular weight excluding hydrogens is 172 g/mol. The van der Waals surface area contributed by atoms with Crippen LogP contribution < -0.4 is 0 Å². The van der Waals surface area contributed by atoms with Crippen molar-refractivity contribution in [1.29, 1.82) is 0 Å². The molecule has 0 aromatic heterocycles. The fourth-order valence-corrected chi connectivity index (χ4v) is 3.13. The minimum Gasteiger partial charge on any atom is -0.393 e. The largest absolute Gasteiger partial charge is 0.393 e. The highest BCUT2D eigenvalue weighted by atomic mass is 16.3. The highest BCUT2D eigenvalue weighted by molar-refractivity contribution is 4.86. The Kier molecular flexibility index (Phi) is 4.00. The fourth-order valence-electron chi connectivity index (χ4n) is 3.13. The maximum Gasteiger partial charge on any atom is 0.0512 e. The molecule has 0 heterocycles. The SMILES string of the molecule is C[C@H](O)CC[C@H]1[C@H](C)CCCC1(C)C. The van der Waals surface area contributed by atoms with Crippen LogP contribution in [-0.2, 0) is 0 Å². The van der Waals surface area contributed by atoms with Crippen molar-refractivity contribution < 1.29 is 5.11 Å². The first-order valence-corrected chi connectivity index (χ1v) is 6.11. The Balaban J connectivity index is 2.52. The van der Waals surface area contributed by atoms with E-state index < -0.39 is 0 Å². The summed E-state index contributed by atoms with van der Waals surface area (Å²) in [7, 11) is 0. The molecule has 1 rings (SSSR count). The van der Waals surface area contributed by atoms with Gasteiger partial charge >= 0.3 is 0 Å². The van der Waals surface area contributed by atoms with Gasteiger partial charge in [-0.3, -0.25) is 0 Å². The van der Waals surface area contributed by atoms with E-state index in [1.807, 2.05) is 6.92 Å². The molecule has 0 aromatic carbocycles. The van der Waals surface area contributed by atoms with Crippen LogP contribution in [0.25, 0.3) is 0 Å². The first kappa shape index (κ1) is 12.0. The van der Waals surface area contributed by atoms with Gasteiger partial charge in [0.15, 0.2) is 0 Å². The van der Waals surface area contributed by atoms with E-state index in [2.05, 4.69) is 20.8 Å². The van der Waals surface area contributed by atoms with Gasteiger partial charge in [0.1, 0.15) is 0 Å². The second-order valence-electron chi connectivity index (χ2n) is 5.89. The third-order valence-corrected chi connectivity index (χ3v) is 4.07. The monoisotopic (exact) mass is 198 g/mol. The van der Waals surface area contributed by atoms with Crippen molar-refractivity contribution >= 4 is 0 Å². The zero-order chi connectivity index (χ0) is 10.8. The molecule has 84 valence electrons. The Labute approximate surface area is 88.9 Å². The van der Waals surface area contributed by atoms with Crippen LogP contribution >= 0.6 is 0 Å². The number of hydrogen-bond acceptors (Lipinski definition) is 1. The van der Waals surface area contributed by atoms with Crippen molar-refractivity contribution in [2.24, 2.45) is 17.3 Å². The highest BCUT2D eigenvalue weighted by Crippen LogP contribution is 2.46. The Morgan fingerprint density at radius 2 is 2.07 bits per heavy atom. The summed E-state index contributed by atoms with van der Waals surface area (Å²) in [5.74, 6) is 1.66. The van der Waals surface area contributed by atoms with E-state index >= 15 is 0 Å². The average molecular weight is 198 g/mol. The van der Waals surface area contributed by atoms with Crippen LogP contribution in [0.4, 0.5) is 0 Å². The van der Waals surface area contributed by atoms with E-state index in [4.69, 9.17) is 0 Å². The molecule has 0 aliphatic heterocycles. The van der Waals surface area contributed by atoms with Gasteiger partial charge in [-0.25, -0.2) is 0 Å². The van der Waals surface area contributed by atoms with E-state index in [9.17, 15) is 5.11 Å². The molecule has 0 aromatic rings. The molecule has 1 aliphatic rings. The molecule has 1 N–H and O–H groups in total. The van der Waals surface area contributed by atoms with Gasteiger partial charge in [0.05, 0.1) is 6.10 Å². The predicted molar refractivity (Wildman–Crippen MR) is 61.2 cm³/mol. The zero-order valence-corrected chi connectivity index (χ0v) is 10.2. The van der Waals surface area contributed by atoms with Crippen molar-refractivity contribution in [2.75, 3.05) is 0 Å². The van der Waals surface area contributed by atoms with Crippen LogP contribution in [0, 0.1) is 17.3 Å². The van der Waals surface area contributed by atoms with Gasteiger partial charge < -0.3 is 5.11 Å². The second kappa shape index (κ2) is 4.65. The summed E-state index contributed by atoms with van der Waals surface area (Å²) in [6, 6.07) is 0. The van der Waals surface area contributed by atoms with Crippen LogP contribution in [-0.4, -0.2) is 11.2 Å². The lowest BCUT2D eigenvalue weighted by molar-refractivity contribution is 0.0606. The van der Waals surface area contributed by atoms with E-state index in [0.717, 1.165) is 18.3 Å². The van der Waals surface area contributed by atoms with E-state index in [-0.39, 0.29) is 6.10 Å². The molecule has 0 amide bonds. The average Bonchev–Trinajstić information content (AvgIpc) is 2.01. The lowest BCUT2D eigenvalue weighted by atomic mass is 9.62. The smallest absolute Gasteiger partial charge is 0.0512 e. The summed E-state index contributed by atoms with van der Waals surface area (Å²) in [5.41, 5.74) is 0.493. The van der Waals surface area contributed by atoms with Gasteiger partial charge in [-0.1, -0.05) is 33.6 Å². The normalized spacial score (nSPS) is 34.1. The standard InChI is InChI=1S/C13H26O/c1-10-6-5-9-13(3,4)12(10)8-7-11(2)14/h10-12,14H,5-9H2,1-4H3/t10-,11+,12+/m1/s1. The van der Waals surface area contributed by atoms with Crippen molar-refractivity contribution in [1.82, 2.24) is 0 Å². The summed E-state index contributed by atoms with van der Waals surface area (Å²) >= 11 is 0. The minimum atomic E-state index is -0.125. The summed E-state index contributed by atoms with van der Waals surface area (Å²) in [6.07, 6.45) is 6.18. The number of hydrogen-bond donors (Lipinski definition) is 1. The lowest BCUT2D eigenvalue weighted by Gasteiger charge is -2.43. The van der Waals surface area contributed by atoms with Gasteiger partial charge in [0.25, 0.3) is 0 Å². The first-order valence-electron chi connectivity index (χ1n) is 6.11. The van der Waals surface area contributed by atoms with Gasteiger partial charge in [0, 0.05) is 0 Å². The number of aliphatic hydroxyl groups excluding tert-OH is 1. The molecule has 1 aliphatic carbocycles. The van der Waals surface area contributed by atoms with Crippen LogP contribution in [0.2, 0.25) is 0 Å². The molecule has 0 spiro atoms. The molecule has 1 heteroatoms. The zero-order valence-electron chi connectivity index (χ0n) is 10.2.